The summed E-state index contributed by atoms with van der Waals surface area (Å²) in [6, 6.07) is 18.1. The van der Waals surface area contributed by atoms with Crippen LogP contribution >= 0.6 is 0 Å². The van der Waals surface area contributed by atoms with E-state index in [0.29, 0.717) is 24.4 Å². The zero-order valence-electron chi connectivity index (χ0n) is 23.9. The first-order valence-electron chi connectivity index (χ1n) is 14.8. The van der Waals surface area contributed by atoms with E-state index in [1.165, 1.54) is 0 Å². The van der Waals surface area contributed by atoms with Gasteiger partial charge in [-0.25, -0.2) is 9.50 Å². The molecule has 0 radical (unpaired) electrons. The molecular formula is C33H35N7O2. The minimum absolute atomic E-state index is 0.0299. The molecule has 3 heterocycles. The molecule has 9 heteroatoms. The summed E-state index contributed by atoms with van der Waals surface area (Å²) in [5, 5.41) is 14.1. The Morgan fingerprint density at radius 3 is 2.62 bits per heavy atom. The fourth-order valence-electron chi connectivity index (χ4n) is 6.13. The molecule has 9 nitrogen and oxygen atoms in total. The van der Waals surface area contributed by atoms with Gasteiger partial charge in [-0.3, -0.25) is 9.36 Å². The van der Waals surface area contributed by atoms with Crippen LogP contribution in [0.25, 0.3) is 16.9 Å². The van der Waals surface area contributed by atoms with Crippen molar-refractivity contribution < 1.29 is 4.74 Å². The number of aromatic nitrogens is 6. The van der Waals surface area contributed by atoms with E-state index in [0.717, 1.165) is 73.0 Å². The first-order valence-corrected chi connectivity index (χ1v) is 14.8. The average molecular weight is 562 g/mol. The Morgan fingerprint density at radius 1 is 1.07 bits per heavy atom. The Labute approximate surface area is 245 Å². The van der Waals surface area contributed by atoms with Crippen LogP contribution in [0.4, 0.5) is 0 Å². The highest BCUT2D eigenvalue weighted by molar-refractivity contribution is 5.70. The quantitative estimate of drug-likeness (QED) is 0.227. The number of imidazole rings is 1. The van der Waals surface area contributed by atoms with Crippen LogP contribution in [0.5, 0.6) is 0 Å². The molecule has 1 saturated carbocycles. The standard InChI is InChI=1S/C33H35N7O2/c1-2-5-31-30(20-24-8-10-25(11-9-24)29-7-4-3-6-26(29)21-34)32(41)39(33-36-22-37-40(31)33)27-12-14-28(15-13-27)42-19-18-38-17-16-35-23-38/h3-4,6-11,16-17,22-23,27-28H,2,5,12-15,18-20H2,1H3/t27-,28-. The third kappa shape index (κ3) is 5.63. The third-order valence-electron chi connectivity index (χ3n) is 8.28. The van der Waals surface area contributed by atoms with Crippen LogP contribution in [0, 0.1) is 11.3 Å². The Bertz CT molecular complexity index is 1740. The van der Waals surface area contributed by atoms with Gasteiger partial charge in [-0.2, -0.15) is 15.3 Å². The van der Waals surface area contributed by atoms with Crippen LogP contribution in [0.1, 0.15) is 67.5 Å². The van der Waals surface area contributed by atoms with Gasteiger partial charge in [0.1, 0.15) is 6.33 Å². The van der Waals surface area contributed by atoms with Crippen molar-refractivity contribution in [2.24, 2.45) is 0 Å². The van der Waals surface area contributed by atoms with Gasteiger partial charge in [0.15, 0.2) is 0 Å². The molecule has 0 amide bonds. The highest BCUT2D eigenvalue weighted by Gasteiger charge is 2.28. The minimum Gasteiger partial charge on any atom is -0.376 e. The molecule has 1 aliphatic rings. The van der Waals surface area contributed by atoms with Gasteiger partial charge in [0, 0.05) is 37.0 Å². The zero-order chi connectivity index (χ0) is 28.9. The molecule has 0 atom stereocenters. The van der Waals surface area contributed by atoms with Crippen molar-refractivity contribution in [2.45, 2.75) is 70.6 Å². The summed E-state index contributed by atoms with van der Waals surface area (Å²) in [5.41, 5.74) is 5.32. The van der Waals surface area contributed by atoms with E-state index < -0.39 is 0 Å². The maximum Gasteiger partial charge on any atom is 0.259 e. The van der Waals surface area contributed by atoms with Gasteiger partial charge >= 0.3 is 0 Å². The smallest absolute Gasteiger partial charge is 0.259 e. The van der Waals surface area contributed by atoms with Crippen LogP contribution in [0.15, 0.2) is 78.4 Å². The topological polar surface area (TPSA) is 103 Å². The number of nitriles is 1. The summed E-state index contributed by atoms with van der Waals surface area (Å²) in [5.74, 6) is 0.625. The normalized spacial score (nSPS) is 17.0. The fraction of sp³-hybridized carbons (Fsp3) is 0.364. The van der Waals surface area contributed by atoms with Gasteiger partial charge in [0.05, 0.1) is 36.4 Å². The Kier molecular flexibility index (Phi) is 8.24. The molecule has 0 bridgehead atoms. The highest BCUT2D eigenvalue weighted by atomic mass is 16.5. The third-order valence-corrected chi connectivity index (χ3v) is 8.28. The lowest BCUT2D eigenvalue weighted by molar-refractivity contribution is 0.0153. The van der Waals surface area contributed by atoms with Crippen molar-refractivity contribution in [2.75, 3.05) is 6.61 Å². The molecule has 0 unspecified atom stereocenters. The number of fused-ring (bicyclic) bond motifs is 1. The molecular weight excluding hydrogens is 526 g/mol. The lowest BCUT2D eigenvalue weighted by Crippen LogP contribution is -2.35. The second-order valence-electron chi connectivity index (χ2n) is 11.0. The van der Waals surface area contributed by atoms with Gasteiger partial charge in [0.25, 0.3) is 5.56 Å². The highest BCUT2D eigenvalue weighted by Crippen LogP contribution is 2.31. The molecule has 0 N–H and O–H groups in total. The second kappa shape index (κ2) is 12.5. The summed E-state index contributed by atoms with van der Waals surface area (Å²) in [4.78, 5) is 22.9. The van der Waals surface area contributed by atoms with Crippen LogP contribution in [-0.4, -0.2) is 41.4 Å². The van der Waals surface area contributed by atoms with Gasteiger partial charge < -0.3 is 9.30 Å². The molecule has 6 rings (SSSR count). The molecule has 2 aromatic carbocycles. The fourth-order valence-corrected chi connectivity index (χ4v) is 6.13. The number of hydrogen-bond donors (Lipinski definition) is 0. The van der Waals surface area contributed by atoms with Crippen LogP contribution in [0.3, 0.4) is 0 Å². The van der Waals surface area contributed by atoms with E-state index in [-0.39, 0.29) is 17.7 Å². The first kappa shape index (κ1) is 27.6. The molecule has 0 aliphatic heterocycles. The van der Waals surface area contributed by atoms with Gasteiger partial charge in [0.2, 0.25) is 5.78 Å². The molecule has 214 valence electrons. The lowest BCUT2D eigenvalue weighted by Gasteiger charge is -2.30. The van der Waals surface area contributed by atoms with Crippen molar-refractivity contribution in [3.8, 4) is 17.2 Å². The number of hydrogen-bond acceptors (Lipinski definition) is 6. The predicted molar refractivity (Wildman–Crippen MR) is 160 cm³/mol. The van der Waals surface area contributed by atoms with Crippen LogP contribution < -0.4 is 5.56 Å². The van der Waals surface area contributed by atoms with Crippen LogP contribution in [0.2, 0.25) is 0 Å². The molecule has 0 saturated heterocycles. The summed E-state index contributed by atoms with van der Waals surface area (Å²) < 4.78 is 12.0. The molecule has 42 heavy (non-hydrogen) atoms. The van der Waals surface area contributed by atoms with Gasteiger partial charge in [-0.1, -0.05) is 55.8 Å². The van der Waals surface area contributed by atoms with E-state index >= 15 is 0 Å². The summed E-state index contributed by atoms with van der Waals surface area (Å²) >= 11 is 0. The number of aryl methyl sites for hydroxylation is 1. The van der Waals surface area contributed by atoms with E-state index in [1.807, 2.05) is 56.2 Å². The van der Waals surface area contributed by atoms with Crippen LogP contribution in [-0.2, 0) is 24.1 Å². The monoisotopic (exact) mass is 561 g/mol. The van der Waals surface area contributed by atoms with E-state index in [4.69, 9.17) is 4.74 Å². The number of ether oxygens (including phenoxy) is 1. The molecule has 5 aromatic rings. The SMILES string of the molecule is CCCc1c(Cc2ccc(-c3ccccc3C#N)cc2)c(=O)n([C@H]2CC[C@H](OCCn3ccnc3)CC2)c2ncnn12. The second-order valence-corrected chi connectivity index (χ2v) is 11.0. The molecule has 0 spiro atoms. The summed E-state index contributed by atoms with van der Waals surface area (Å²) in [6.45, 7) is 3.55. The molecule has 3 aromatic heterocycles. The average Bonchev–Trinajstić information content (AvgIpc) is 3.73. The maximum atomic E-state index is 14.2. The number of rotatable bonds is 10. The maximum absolute atomic E-state index is 14.2. The van der Waals surface area contributed by atoms with E-state index in [2.05, 4.69) is 40.2 Å². The van der Waals surface area contributed by atoms with Crippen molar-refractivity contribution in [1.29, 1.82) is 5.26 Å². The van der Waals surface area contributed by atoms with Crippen molar-refractivity contribution in [1.82, 2.24) is 28.7 Å². The van der Waals surface area contributed by atoms with Crippen molar-refractivity contribution in [3.05, 3.63) is 106 Å². The Hall–Kier alpha value is -4.55. The number of benzene rings is 2. The van der Waals surface area contributed by atoms with E-state index in [9.17, 15) is 10.1 Å². The van der Waals surface area contributed by atoms with E-state index in [1.54, 1.807) is 18.9 Å². The summed E-state index contributed by atoms with van der Waals surface area (Å²) in [7, 11) is 0. The molecule has 1 aliphatic carbocycles. The Morgan fingerprint density at radius 2 is 1.88 bits per heavy atom. The first-order chi connectivity index (χ1) is 20.7. The minimum atomic E-state index is 0.0299. The zero-order valence-corrected chi connectivity index (χ0v) is 23.9. The van der Waals surface area contributed by atoms with Gasteiger partial charge in [-0.05, 0) is 54.9 Å². The largest absolute Gasteiger partial charge is 0.376 e. The van der Waals surface area contributed by atoms with Crippen molar-refractivity contribution >= 4 is 5.78 Å². The van der Waals surface area contributed by atoms with Gasteiger partial charge in [-0.15, -0.1) is 0 Å². The lowest BCUT2D eigenvalue weighted by atomic mass is 9.92. The predicted octanol–water partition coefficient (Wildman–Crippen LogP) is 5.37. The Balaban J connectivity index is 1.25. The summed E-state index contributed by atoms with van der Waals surface area (Å²) in [6.07, 6.45) is 13.0. The number of nitrogens with zero attached hydrogens (tertiary/aromatic N) is 7. The van der Waals surface area contributed by atoms with Crippen molar-refractivity contribution in [3.63, 3.8) is 0 Å². The molecule has 1 fully saturated rings.